The summed E-state index contributed by atoms with van der Waals surface area (Å²) in [7, 11) is 1.61. The molecule has 0 unspecified atom stereocenters. The first-order valence-corrected chi connectivity index (χ1v) is 6.88. The number of methoxy groups -OCH3 is 1. The molecule has 0 aliphatic rings. The lowest BCUT2D eigenvalue weighted by Gasteiger charge is -2.02. The van der Waals surface area contributed by atoms with E-state index in [0.29, 0.717) is 18.2 Å². The minimum atomic E-state index is 0.343. The van der Waals surface area contributed by atoms with Crippen LogP contribution in [0.25, 0.3) is 0 Å². The summed E-state index contributed by atoms with van der Waals surface area (Å²) in [5.74, 6) is 0.808. The molecule has 19 heavy (non-hydrogen) atoms. The summed E-state index contributed by atoms with van der Waals surface area (Å²) < 4.78 is 10.7. The number of aromatic nitrogens is 1. The highest BCUT2D eigenvalue weighted by Crippen LogP contribution is 2.21. The number of nitrogens with two attached hydrogens (primary N) is 1. The van der Waals surface area contributed by atoms with Gasteiger partial charge in [-0.3, -0.25) is 0 Å². The zero-order chi connectivity index (χ0) is 13.7. The second-order valence-electron chi connectivity index (χ2n) is 3.78. The third-order valence-corrected chi connectivity index (χ3v) is 3.79. The maximum Gasteiger partial charge on any atom is 0.140 e. The van der Waals surface area contributed by atoms with Crippen molar-refractivity contribution in [3.63, 3.8) is 0 Å². The van der Waals surface area contributed by atoms with E-state index < -0.39 is 0 Å². The van der Waals surface area contributed by atoms with Crippen LogP contribution in [0.5, 0.6) is 5.75 Å². The average molecular weight is 294 g/mol. The lowest BCUT2D eigenvalue weighted by Crippen LogP contribution is -2.10. The van der Waals surface area contributed by atoms with Gasteiger partial charge in [0.1, 0.15) is 22.4 Å². The molecule has 1 aromatic carbocycles. The molecule has 1 heterocycles. The van der Waals surface area contributed by atoms with E-state index in [1.807, 2.05) is 30.3 Å². The molecule has 2 N–H and O–H groups in total. The highest BCUT2D eigenvalue weighted by Gasteiger charge is 2.13. The number of nitrogens with zero attached hydrogens (tertiary/aromatic N) is 1. The zero-order valence-electron chi connectivity index (χ0n) is 10.5. The first-order chi connectivity index (χ1) is 9.20. The molecular weight excluding hydrogens is 280 g/mol. The lowest BCUT2D eigenvalue weighted by atomic mass is 10.3. The van der Waals surface area contributed by atoms with E-state index in [9.17, 15) is 0 Å². The molecule has 0 saturated carbocycles. The Morgan fingerprint density at radius 2 is 2.05 bits per heavy atom. The van der Waals surface area contributed by atoms with Gasteiger partial charge in [-0.05, 0) is 12.1 Å². The first kappa shape index (κ1) is 13.9. The van der Waals surface area contributed by atoms with E-state index in [0.717, 1.165) is 21.3 Å². The summed E-state index contributed by atoms with van der Waals surface area (Å²) in [5, 5.41) is 0.832. The quantitative estimate of drug-likeness (QED) is 0.830. The van der Waals surface area contributed by atoms with E-state index >= 15 is 0 Å². The van der Waals surface area contributed by atoms with Crippen LogP contribution in [0.3, 0.4) is 0 Å². The molecule has 0 aliphatic carbocycles. The molecule has 0 bridgehead atoms. The van der Waals surface area contributed by atoms with Gasteiger partial charge in [0, 0.05) is 7.11 Å². The third kappa shape index (κ3) is 3.73. The van der Waals surface area contributed by atoms with Gasteiger partial charge in [-0.2, -0.15) is 0 Å². The van der Waals surface area contributed by atoms with Crippen LogP contribution < -0.4 is 10.5 Å². The summed E-state index contributed by atoms with van der Waals surface area (Å²) in [6.45, 7) is 0.794. The van der Waals surface area contributed by atoms with Gasteiger partial charge in [0.2, 0.25) is 0 Å². The molecule has 100 valence electrons. The van der Waals surface area contributed by atoms with Crippen LogP contribution in [-0.4, -0.2) is 17.1 Å². The number of thiocarbonyl (C=S) groups is 1. The summed E-state index contributed by atoms with van der Waals surface area (Å²) in [5.41, 5.74) is 6.44. The van der Waals surface area contributed by atoms with Crippen molar-refractivity contribution in [1.29, 1.82) is 0 Å². The minimum Gasteiger partial charge on any atom is -0.486 e. The smallest absolute Gasteiger partial charge is 0.140 e. The van der Waals surface area contributed by atoms with Crippen LogP contribution >= 0.6 is 23.6 Å². The van der Waals surface area contributed by atoms with Crippen LogP contribution in [0.1, 0.15) is 15.6 Å². The first-order valence-electron chi connectivity index (χ1n) is 5.66. The van der Waals surface area contributed by atoms with Crippen LogP contribution in [0.4, 0.5) is 0 Å². The Balaban J connectivity index is 2.08. The maximum atomic E-state index is 5.67. The van der Waals surface area contributed by atoms with Gasteiger partial charge < -0.3 is 15.2 Å². The van der Waals surface area contributed by atoms with Crippen molar-refractivity contribution in [3.8, 4) is 5.75 Å². The predicted octanol–water partition coefficient (Wildman–Crippen LogP) is 2.50. The fourth-order valence-electron chi connectivity index (χ4n) is 1.55. The van der Waals surface area contributed by atoms with Gasteiger partial charge in [-0.1, -0.05) is 30.4 Å². The van der Waals surface area contributed by atoms with E-state index in [-0.39, 0.29) is 0 Å². The fourth-order valence-corrected chi connectivity index (χ4v) is 2.63. The second-order valence-corrected chi connectivity index (χ2v) is 5.31. The Morgan fingerprint density at radius 1 is 1.32 bits per heavy atom. The Labute approximate surface area is 121 Å². The summed E-state index contributed by atoms with van der Waals surface area (Å²) >= 11 is 6.45. The van der Waals surface area contributed by atoms with Gasteiger partial charge in [-0.25, -0.2) is 4.98 Å². The minimum absolute atomic E-state index is 0.343. The van der Waals surface area contributed by atoms with Crippen molar-refractivity contribution in [2.75, 3.05) is 7.11 Å². The molecule has 0 atom stereocenters. The van der Waals surface area contributed by atoms with E-state index in [1.165, 1.54) is 11.3 Å². The summed E-state index contributed by atoms with van der Waals surface area (Å²) in [6.07, 6.45) is 0. The number of thiazole rings is 1. The third-order valence-electron chi connectivity index (χ3n) is 2.35. The average Bonchev–Trinajstić information content (AvgIpc) is 2.81. The van der Waals surface area contributed by atoms with Crippen LogP contribution in [0.2, 0.25) is 0 Å². The number of benzene rings is 1. The van der Waals surface area contributed by atoms with Gasteiger partial charge >= 0.3 is 0 Å². The van der Waals surface area contributed by atoms with E-state index in [4.69, 9.17) is 27.4 Å². The van der Waals surface area contributed by atoms with Crippen molar-refractivity contribution in [1.82, 2.24) is 4.98 Å². The van der Waals surface area contributed by atoms with Crippen molar-refractivity contribution in [2.24, 2.45) is 5.73 Å². The van der Waals surface area contributed by atoms with Gasteiger partial charge in [0.15, 0.2) is 0 Å². The zero-order valence-corrected chi connectivity index (χ0v) is 12.1. The molecule has 0 amide bonds. The van der Waals surface area contributed by atoms with Gasteiger partial charge in [0.05, 0.1) is 17.2 Å². The Morgan fingerprint density at radius 3 is 2.68 bits per heavy atom. The molecule has 0 spiro atoms. The maximum absolute atomic E-state index is 5.67. The largest absolute Gasteiger partial charge is 0.486 e. The van der Waals surface area contributed by atoms with Crippen LogP contribution in [0, 0.1) is 0 Å². The molecule has 1 aromatic heterocycles. The Hall–Kier alpha value is -1.50. The number of hydrogen-bond donors (Lipinski definition) is 1. The van der Waals surface area contributed by atoms with E-state index in [2.05, 4.69) is 4.98 Å². The van der Waals surface area contributed by atoms with Crippen LogP contribution in [0.15, 0.2) is 30.3 Å². The molecule has 0 saturated heterocycles. The van der Waals surface area contributed by atoms with Gasteiger partial charge in [-0.15, -0.1) is 11.3 Å². The fraction of sp³-hybridized carbons (Fsp3) is 0.231. The standard InChI is InChI=1S/C13H14N2O2S2/c1-16-7-10-12(13(14)18)19-11(15-10)8-17-9-5-3-2-4-6-9/h2-6H,7-8H2,1H3,(H2,14,18). The van der Waals surface area contributed by atoms with E-state index in [1.54, 1.807) is 7.11 Å². The predicted molar refractivity (Wildman–Crippen MR) is 79.5 cm³/mol. The summed E-state index contributed by atoms with van der Waals surface area (Å²) in [6, 6.07) is 9.59. The molecule has 0 aliphatic heterocycles. The number of para-hydroxylation sites is 1. The van der Waals surface area contributed by atoms with Crippen molar-refractivity contribution < 1.29 is 9.47 Å². The molecule has 4 nitrogen and oxygen atoms in total. The van der Waals surface area contributed by atoms with Crippen LogP contribution in [-0.2, 0) is 18.0 Å². The van der Waals surface area contributed by atoms with Gasteiger partial charge in [0.25, 0.3) is 0 Å². The monoisotopic (exact) mass is 294 g/mol. The Bertz CT molecular complexity index is 555. The number of ether oxygens (including phenoxy) is 2. The molecule has 0 fully saturated rings. The molecule has 0 radical (unpaired) electrons. The van der Waals surface area contributed by atoms with Crippen molar-refractivity contribution >= 4 is 28.5 Å². The number of hydrogen-bond acceptors (Lipinski definition) is 5. The number of rotatable bonds is 6. The second kappa shape index (κ2) is 6.60. The normalized spacial score (nSPS) is 10.4. The topological polar surface area (TPSA) is 57.4 Å². The highest BCUT2D eigenvalue weighted by atomic mass is 32.1. The molecule has 2 rings (SSSR count). The summed E-state index contributed by atoms with van der Waals surface area (Å²) in [4.78, 5) is 5.58. The lowest BCUT2D eigenvalue weighted by molar-refractivity contribution is 0.181. The SMILES string of the molecule is COCc1nc(COc2ccccc2)sc1C(N)=S. The van der Waals surface area contributed by atoms with Crippen molar-refractivity contribution in [2.45, 2.75) is 13.2 Å². The Kier molecular flexibility index (Phi) is 4.84. The highest BCUT2D eigenvalue weighted by molar-refractivity contribution is 7.81. The molecule has 6 heteroatoms. The molecular formula is C13H14N2O2S2. The molecule has 2 aromatic rings. The van der Waals surface area contributed by atoms with Crippen molar-refractivity contribution in [3.05, 3.63) is 45.9 Å².